The molecule has 0 bridgehead atoms. The van der Waals surface area contributed by atoms with Crippen LogP contribution in [0.2, 0.25) is 0 Å². The third-order valence-electron chi connectivity index (χ3n) is 4.52. The molecule has 1 aliphatic carbocycles. The number of hydrogen-bond acceptors (Lipinski definition) is 4. The van der Waals surface area contributed by atoms with Crippen LogP contribution in [0.1, 0.15) is 67.2 Å². The first kappa shape index (κ1) is 21.1. The van der Waals surface area contributed by atoms with E-state index >= 15 is 0 Å². The summed E-state index contributed by atoms with van der Waals surface area (Å²) in [7, 11) is 0. The molecule has 5 nitrogen and oxygen atoms in total. The number of carbonyl (C=O) groups is 2. The van der Waals surface area contributed by atoms with Gasteiger partial charge in [0.15, 0.2) is 5.78 Å². The van der Waals surface area contributed by atoms with Gasteiger partial charge in [0.2, 0.25) is 5.91 Å². The third kappa shape index (κ3) is 6.89. The van der Waals surface area contributed by atoms with Gasteiger partial charge >= 0.3 is 0 Å². The molecule has 2 N–H and O–H groups in total. The molecule has 0 aromatic carbocycles. The van der Waals surface area contributed by atoms with E-state index in [1.54, 1.807) is 20.8 Å². The van der Waals surface area contributed by atoms with Crippen molar-refractivity contribution in [3.63, 3.8) is 0 Å². The number of hydrogen-bond donors (Lipinski definition) is 2. The zero-order chi connectivity index (χ0) is 18.5. The Morgan fingerprint density at radius 1 is 1.08 bits per heavy atom. The Morgan fingerprint density at radius 2 is 1.62 bits per heavy atom. The maximum atomic E-state index is 12.4. The van der Waals surface area contributed by atoms with E-state index in [4.69, 9.17) is 4.74 Å². The second kappa shape index (κ2) is 8.43. The van der Waals surface area contributed by atoms with E-state index in [-0.39, 0.29) is 29.8 Å². The lowest BCUT2D eigenvalue weighted by Gasteiger charge is -2.31. The monoisotopic (exact) mass is 341 g/mol. The van der Waals surface area contributed by atoms with Crippen molar-refractivity contribution in [1.82, 2.24) is 5.32 Å². The molecule has 24 heavy (non-hydrogen) atoms. The number of rotatable bonds is 6. The number of Topliss-reactive ketones (excluding diaryl/α,β-unsaturated/α-hetero) is 1. The van der Waals surface area contributed by atoms with Crippen LogP contribution in [0.25, 0.3) is 0 Å². The number of aliphatic hydroxyl groups excluding tert-OH is 1. The quantitative estimate of drug-likeness (QED) is 0.779. The van der Waals surface area contributed by atoms with Gasteiger partial charge in [0, 0.05) is 11.3 Å². The van der Waals surface area contributed by atoms with E-state index in [0.717, 1.165) is 32.3 Å². The second-order valence-electron chi connectivity index (χ2n) is 9.00. The van der Waals surface area contributed by atoms with Crippen LogP contribution in [0.15, 0.2) is 0 Å². The van der Waals surface area contributed by atoms with E-state index in [9.17, 15) is 14.7 Å². The lowest BCUT2D eigenvalue weighted by Crippen LogP contribution is -2.50. The molecule has 0 radical (unpaired) electrons. The minimum atomic E-state index is -0.806. The molecular weight excluding hydrogens is 306 g/mol. The average molecular weight is 341 g/mol. The first-order valence-electron chi connectivity index (χ1n) is 9.03. The van der Waals surface area contributed by atoms with Gasteiger partial charge in [-0.25, -0.2) is 0 Å². The molecule has 1 amide bonds. The van der Waals surface area contributed by atoms with Crippen LogP contribution in [0.3, 0.4) is 0 Å². The zero-order valence-electron chi connectivity index (χ0n) is 16.1. The van der Waals surface area contributed by atoms with Gasteiger partial charge in [0.05, 0.1) is 18.8 Å². The van der Waals surface area contributed by atoms with Crippen LogP contribution in [0, 0.1) is 17.3 Å². The van der Waals surface area contributed by atoms with Crippen LogP contribution >= 0.6 is 0 Å². The molecule has 1 fully saturated rings. The first-order valence-corrected chi connectivity index (χ1v) is 9.03. The Hall–Kier alpha value is -0.940. The van der Waals surface area contributed by atoms with Crippen molar-refractivity contribution in [2.24, 2.45) is 17.3 Å². The van der Waals surface area contributed by atoms with Crippen molar-refractivity contribution in [3.8, 4) is 0 Å². The fraction of sp³-hybridized carbons (Fsp3) is 0.895. The number of nitrogens with one attached hydrogen (secondary N) is 1. The third-order valence-corrected chi connectivity index (χ3v) is 4.52. The molecular formula is C19H35NO4. The summed E-state index contributed by atoms with van der Waals surface area (Å²) in [6.07, 6.45) is 3.55. The van der Waals surface area contributed by atoms with Crippen LogP contribution in [-0.4, -0.2) is 41.7 Å². The fourth-order valence-electron chi connectivity index (χ4n) is 2.97. The summed E-state index contributed by atoms with van der Waals surface area (Å²) in [4.78, 5) is 24.7. The maximum absolute atomic E-state index is 12.4. The average Bonchev–Trinajstić information content (AvgIpc) is 2.48. The molecule has 1 rings (SSSR count). The number of ketones is 1. The molecule has 1 atom stereocenters. The van der Waals surface area contributed by atoms with Crippen LogP contribution in [0.5, 0.6) is 0 Å². The molecule has 5 heteroatoms. The van der Waals surface area contributed by atoms with Gasteiger partial charge < -0.3 is 15.2 Å². The lowest BCUT2D eigenvalue weighted by molar-refractivity contribution is -0.135. The first-order chi connectivity index (χ1) is 10.9. The summed E-state index contributed by atoms with van der Waals surface area (Å²) in [5, 5.41) is 12.2. The van der Waals surface area contributed by atoms with Gasteiger partial charge in [0.25, 0.3) is 0 Å². The maximum Gasteiger partial charge on any atom is 0.223 e. The number of amides is 1. The normalized spacial score (nSPS) is 23.6. The highest BCUT2D eigenvalue weighted by atomic mass is 16.5. The van der Waals surface area contributed by atoms with E-state index in [2.05, 4.69) is 5.32 Å². The van der Waals surface area contributed by atoms with Gasteiger partial charge in [-0.15, -0.1) is 0 Å². The Balaban J connectivity index is 2.46. The van der Waals surface area contributed by atoms with E-state index in [0.29, 0.717) is 5.92 Å². The van der Waals surface area contributed by atoms with Crippen LogP contribution in [0.4, 0.5) is 0 Å². The molecule has 0 saturated heterocycles. The summed E-state index contributed by atoms with van der Waals surface area (Å²) < 4.78 is 5.84. The Labute approximate surface area is 146 Å². The highest BCUT2D eigenvalue weighted by Crippen LogP contribution is 2.30. The Bertz CT molecular complexity index is 426. The summed E-state index contributed by atoms with van der Waals surface area (Å²) in [5.41, 5.74) is -0.710. The topological polar surface area (TPSA) is 75.6 Å². The van der Waals surface area contributed by atoms with E-state index < -0.39 is 11.5 Å². The van der Waals surface area contributed by atoms with Crippen LogP contribution in [-0.2, 0) is 14.3 Å². The van der Waals surface area contributed by atoms with Crippen molar-refractivity contribution in [3.05, 3.63) is 0 Å². The van der Waals surface area contributed by atoms with E-state index in [1.807, 2.05) is 20.8 Å². The zero-order valence-corrected chi connectivity index (χ0v) is 16.1. The molecule has 1 unspecified atom stereocenters. The van der Waals surface area contributed by atoms with Crippen molar-refractivity contribution in [1.29, 1.82) is 0 Å². The molecule has 1 saturated carbocycles. The fourth-order valence-corrected chi connectivity index (χ4v) is 2.97. The van der Waals surface area contributed by atoms with Crippen molar-refractivity contribution in [2.75, 3.05) is 13.2 Å². The van der Waals surface area contributed by atoms with Gasteiger partial charge in [0.1, 0.15) is 6.04 Å². The summed E-state index contributed by atoms with van der Waals surface area (Å²) in [6, 6.07) is -0.806. The molecule has 0 aromatic rings. The minimum Gasteiger partial charge on any atom is -0.394 e. The largest absolute Gasteiger partial charge is 0.394 e. The van der Waals surface area contributed by atoms with Crippen molar-refractivity contribution >= 4 is 11.7 Å². The highest BCUT2D eigenvalue weighted by Gasteiger charge is 2.33. The van der Waals surface area contributed by atoms with Crippen molar-refractivity contribution < 1.29 is 19.4 Å². The van der Waals surface area contributed by atoms with Crippen LogP contribution < -0.4 is 5.32 Å². The number of ether oxygens (including phenoxy) is 1. The predicted molar refractivity (Wildman–Crippen MR) is 94.6 cm³/mol. The Kier molecular flexibility index (Phi) is 7.42. The molecule has 0 aromatic heterocycles. The predicted octanol–water partition coefficient (Wildman–Crippen LogP) is 2.70. The number of carbonyl (C=O) groups excluding carboxylic acids is 2. The second-order valence-corrected chi connectivity index (χ2v) is 9.00. The highest BCUT2D eigenvalue weighted by molar-refractivity contribution is 5.93. The molecule has 0 heterocycles. The smallest absolute Gasteiger partial charge is 0.223 e. The van der Waals surface area contributed by atoms with E-state index in [1.165, 1.54) is 0 Å². The molecule has 0 spiro atoms. The van der Waals surface area contributed by atoms with Gasteiger partial charge in [-0.2, -0.15) is 0 Å². The number of aliphatic hydroxyl groups is 1. The minimum absolute atomic E-state index is 0.0716. The molecule has 140 valence electrons. The molecule has 1 aliphatic rings. The Morgan fingerprint density at radius 3 is 2.04 bits per heavy atom. The van der Waals surface area contributed by atoms with Gasteiger partial charge in [-0.05, 0) is 52.4 Å². The van der Waals surface area contributed by atoms with Gasteiger partial charge in [-0.1, -0.05) is 20.8 Å². The summed E-state index contributed by atoms with van der Waals surface area (Å²) in [5.74, 6) is 0.184. The van der Waals surface area contributed by atoms with Crippen molar-refractivity contribution in [2.45, 2.75) is 78.9 Å². The summed E-state index contributed by atoms with van der Waals surface area (Å²) >= 11 is 0. The molecule has 0 aliphatic heterocycles. The lowest BCUT2D eigenvalue weighted by atomic mass is 9.81. The van der Waals surface area contributed by atoms with Gasteiger partial charge in [-0.3, -0.25) is 9.59 Å². The standard InChI is InChI=1S/C19H35NO4/c1-18(2,3)16(22)15(11-21)20-17(23)14-9-7-13(8-10-14)12-24-19(4,5)6/h13-15,21H,7-12H2,1-6H3,(H,20,23). The SMILES string of the molecule is CC(C)(C)OCC1CCC(C(=O)NC(CO)C(=O)C(C)(C)C)CC1. The summed E-state index contributed by atoms with van der Waals surface area (Å²) in [6.45, 7) is 11.9.